The minimum Gasteiger partial charge on any atom is -0.505 e. The fourth-order valence-electron chi connectivity index (χ4n) is 18.6. The van der Waals surface area contributed by atoms with Crippen LogP contribution in [0.2, 0.25) is 103 Å². The molecule has 748 valence electrons. The van der Waals surface area contributed by atoms with Gasteiger partial charge in [0.1, 0.15) is 57.2 Å². The molecule has 0 atom stereocenters. The molecule has 3 N–H and O–H groups in total. The molecule has 34 heteroatoms. The maximum absolute atomic E-state index is 15.8. The molecule has 0 saturated carbocycles. The first-order valence-corrected chi connectivity index (χ1v) is 64.8. The first kappa shape index (κ1) is 102. The quantitative estimate of drug-likeness (QED) is 0.0246. The molecule has 2 fully saturated rings. The molecule has 4 aliphatic heterocycles. The van der Waals surface area contributed by atoms with Gasteiger partial charge in [0.25, 0.3) is 0 Å². The Labute approximate surface area is 838 Å². The molecule has 14 aromatic rings. The lowest BCUT2D eigenvalue weighted by Crippen LogP contribution is -2.53. The number of nitriles is 2. The van der Waals surface area contributed by atoms with Gasteiger partial charge in [-0.2, -0.15) is 25.8 Å². The van der Waals surface area contributed by atoms with Crippen LogP contribution in [0.5, 0.6) is 17.2 Å². The normalized spacial score (nSPS) is 14.3. The van der Waals surface area contributed by atoms with Crippen molar-refractivity contribution < 1.29 is 56.3 Å². The first-order valence-electron chi connectivity index (χ1n) is 50.0. The number of amides is 4. The van der Waals surface area contributed by atoms with Crippen molar-refractivity contribution in [3.8, 4) is 97.3 Å². The Balaban J connectivity index is 0.000000151. The Bertz CT molecular complexity index is 7040. The lowest BCUT2D eigenvalue weighted by atomic mass is 9.96. The van der Waals surface area contributed by atoms with Crippen LogP contribution >= 0.6 is 0 Å². The average molecular weight is 2010 g/mol. The smallest absolute Gasteiger partial charge is 0.320 e. The number of nitrogens with one attached hydrogen (secondary N) is 2. The van der Waals surface area contributed by atoms with Crippen LogP contribution in [0.1, 0.15) is 89.2 Å². The highest BCUT2D eigenvalue weighted by Crippen LogP contribution is 2.43. The number of rotatable bonds is 35. The zero-order valence-corrected chi connectivity index (χ0v) is 88.9. The van der Waals surface area contributed by atoms with Gasteiger partial charge in [-0.15, -0.1) is 0 Å². The van der Waals surface area contributed by atoms with E-state index in [1.165, 1.54) is 17.8 Å². The van der Waals surface area contributed by atoms with E-state index in [1.54, 1.807) is 31.7 Å². The number of halogens is 3. The molecule has 0 unspecified atom stereocenters. The van der Waals surface area contributed by atoms with Crippen LogP contribution in [0.25, 0.3) is 101 Å². The molecule has 2 saturated heterocycles. The number of hydrogen-bond donors (Lipinski definition) is 3. The maximum Gasteiger partial charge on any atom is 0.320 e. The number of carbonyl (C=O) groups is 2. The summed E-state index contributed by atoms with van der Waals surface area (Å²) in [6, 6.07) is 56.0. The van der Waals surface area contributed by atoms with Crippen molar-refractivity contribution in [3.05, 3.63) is 231 Å². The van der Waals surface area contributed by atoms with Crippen LogP contribution < -0.4 is 9.47 Å². The van der Waals surface area contributed by atoms with Gasteiger partial charge in [-0.05, 0) is 197 Å². The van der Waals surface area contributed by atoms with E-state index in [0.29, 0.717) is 128 Å². The number of imidazole rings is 3. The highest BCUT2D eigenvalue weighted by Gasteiger charge is 2.41. The molecule has 1 aliphatic carbocycles. The third-order valence-electron chi connectivity index (χ3n) is 27.2. The van der Waals surface area contributed by atoms with E-state index in [2.05, 4.69) is 153 Å². The Hall–Kier alpha value is -12.8. The molecule has 0 spiro atoms. The number of likely N-dealkylation sites (tertiary alicyclic amines) is 2. The standard InChI is InChI=1S/C44H56FN7O4Si2.C40H53FN4O3Si2.C25H22FN7O2/c1-8-33-21-41(56-28-31-12-10-9-11-13-31)37(45)22-36(33)34-14-15-35-39(20-34)52(30-55-17-19-58(5,6)7)48-42(35)43-47-38-26-50(44(53)49-24-32(23-46)25-49)27-40(38)51(43)29-54-16-18-57(2,3)4;1-8-30-24-38(48-26-29-13-10-9-11-14-29)34(41)25-33(30)31-17-18-32-37(23-31)45(28-47-20-22-50(5,6)7)43-39(32)40-42-35-15-12-16-36(35)44(40)27-46-19-21-49(2,3)4;1-2-14-6-22(34)18(26)7-17(14)15-3-4-16-19(5-15)30-31-23(16)24-28-20-11-33(12-21(20)29-24)25(35)32-9-13(8-27)10-32/h9-15,20-22,32H,8,16-19,24-30H2,1-7H3;9-11,13-14,17-18,23-25H,8,12,15-16,19-22,26-28H2,1-7H3;3-7,13,34H,2,9-12H2,1H3,(H,28,29)(H,30,31). The molecule has 27 nitrogen and oxygen atoms in total. The van der Waals surface area contributed by atoms with Gasteiger partial charge in [-0.25, -0.2) is 47.1 Å². The number of aromatic hydroxyl groups is 1. The van der Waals surface area contributed by atoms with Crippen molar-refractivity contribution in [2.45, 2.75) is 228 Å². The summed E-state index contributed by atoms with van der Waals surface area (Å²) in [6.45, 7) is 42.4. The molecule has 0 radical (unpaired) electrons. The number of aromatic amines is 2. The van der Waals surface area contributed by atoms with E-state index in [0.717, 1.165) is 190 Å². The van der Waals surface area contributed by atoms with Crippen LogP contribution in [-0.2, 0) is 117 Å². The van der Waals surface area contributed by atoms with Crippen molar-refractivity contribution >= 4 is 77.1 Å². The van der Waals surface area contributed by atoms with Gasteiger partial charge in [0.15, 0.2) is 52.2 Å². The molecule has 143 heavy (non-hydrogen) atoms. The lowest BCUT2D eigenvalue weighted by molar-refractivity contribution is 0.0811. The highest BCUT2D eigenvalue weighted by molar-refractivity contribution is 6.77. The number of hydrogen-bond acceptors (Lipinski definition) is 17. The van der Waals surface area contributed by atoms with E-state index >= 15 is 8.78 Å². The summed E-state index contributed by atoms with van der Waals surface area (Å²) in [5.74, 6) is 0.686. The predicted octanol–water partition coefficient (Wildman–Crippen LogP) is 23.2. The monoisotopic (exact) mass is 2000 g/mol. The fourth-order valence-corrected chi connectivity index (χ4v) is 21.6. The number of aryl methyl sites for hydroxylation is 4. The zero-order valence-electron chi connectivity index (χ0n) is 84.9. The lowest BCUT2D eigenvalue weighted by Gasteiger charge is -2.37. The first-order chi connectivity index (χ1) is 68.5. The molecular formula is C109H131F3N18O9Si4. The number of carbonyl (C=O) groups excluding carboxylic acids is 2. The average Bonchev–Trinajstić information content (AvgIpc) is 1.59. The number of ether oxygens (including phenoxy) is 6. The summed E-state index contributed by atoms with van der Waals surface area (Å²) in [5, 5.41) is 48.5. The third-order valence-corrected chi connectivity index (χ3v) is 34.0. The molecule has 8 aromatic carbocycles. The Morgan fingerprint density at radius 3 is 1.34 bits per heavy atom. The van der Waals surface area contributed by atoms with E-state index in [-0.39, 0.29) is 67.0 Å². The van der Waals surface area contributed by atoms with E-state index in [9.17, 15) is 24.3 Å². The molecule has 10 heterocycles. The van der Waals surface area contributed by atoms with Gasteiger partial charge in [0, 0.05) is 107 Å². The number of nitrogens with zero attached hydrogens (tertiary/aromatic N) is 16. The maximum atomic E-state index is 15.8. The minimum absolute atomic E-state index is 0.0701. The number of fused-ring (bicyclic) bond motifs is 6. The van der Waals surface area contributed by atoms with Crippen molar-refractivity contribution in [1.82, 2.24) is 78.4 Å². The van der Waals surface area contributed by atoms with Gasteiger partial charge in [-0.1, -0.05) is 178 Å². The summed E-state index contributed by atoms with van der Waals surface area (Å²) in [4.78, 5) is 51.3. The van der Waals surface area contributed by atoms with Crippen LogP contribution in [0, 0.1) is 51.9 Å². The predicted molar refractivity (Wildman–Crippen MR) is 562 cm³/mol. The second-order valence-electron chi connectivity index (χ2n) is 43.0. The van der Waals surface area contributed by atoms with Crippen molar-refractivity contribution in [2.75, 3.05) is 52.6 Å². The summed E-state index contributed by atoms with van der Waals surface area (Å²) in [5.41, 5.74) is 20.4. The van der Waals surface area contributed by atoms with Crippen molar-refractivity contribution in [1.29, 1.82) is 10.5 Å². The van der Waals surface area contributed by atoms with E-state index < -0.39 is 43.9 Å². The minimum atomic E-state index is -1.34. The summed E-state index contributed by atoms with van der Waals surface area (Å²) >= 11 is 0. The molecule has 4 amide bonds. The van der Waals surface area contributed by atoms with Gasteiger partial charge >= 0.3 is 12.1 Å². The molecule has 19 rings (SSSR count). The highest BCUT2D eigenvalue weighted by atomic mass is 28.3. The van der Waals surface area contributed by atoms with Crippen LogP contribution in [0.3, 0.4) is 0 Å². The SMILES string of the molecule is CCc1cc(O)c(F)cc1-c1ccc2c(-c3nc4c([nH]3)CN(C(=O)N3CC(C#N)C3)C4)n[nH]c2c1.CCc1cc(OCc2ccccc2)c(F)cc1-c1ccc2c(-c3nc4c(n3COCC[Si](C)(C)C)CCC4)nn(COCC[Si](C)(C)C)c2c1.CCc1cc(OCc2ccccc2)c(F)cc1-c1ccc2c(-c3nc4c(n3COCC[Si](C)(C)C)CN(C(=O)N3CC(C#N)C3)C4)nn(COCC[Si](C)(C)C)c2c1. The topological polar surface area (TPSA) is 299 Å². The summed E-state index contributed by atoms with van der Waals surface area (Å²) in [7, 11) is -5.14. The third kappa shape index (κ3) is 23.7. The van der Waals surface area contributed by atoms with Crippen molar-refractivity contribution in [3.63, 3.8) is 0 Å². The fraction of sp³-hybridized carbons (Fsp3) is 0.413. The van der Waals surface area contributed by atoms with Crippen LogP contribution in [0.15, 0.2) is 152 Å². The Morgan fingerprint density at radius 2 is 0.881 bits per heavy atom. The Kier molecular flexibility index (Phi) is 30.9. The summed E-state index contributed by atoms with van der Waals surface area (Å²) < 4.78 is 90.7. The van der Waals surface area contributed by atoms with Crippen molar-refractivity contribution in [2.24, 2.45) is 11.8 Å². The molecule has 0 bridgehead atoms. The number of H-pyrrole nitrogens is 2. The van der Waals surface area contributed by atoms with Gasteiger partial charge in [0.05, 0.1) is 95.2 Å². The second kappa shape index (κ2) is 43.4. The summed E-state index contributed by atoms with van der Waals surface area (Å²) in [6.07, 6.45) is 5.17. The van der Waals surface area contributed by atoms with Crippen LogP contribution in [0.4, 0.5) is 22.8 Å². The van der Waals surface area contributed by atoms with Gasteiger partial charge in [0.2, 0.25) is 0 Å². The number of urea groups is 2. The largest absolute Gasteiger partial charge is 0.505 e. The molecule has 5 aliphatic rings. The van der Waals surface area contributed by atoms with Crippen LogP contribution in [-0.4, -0.2) is 180 Å². The zero-order chi connectivity index (χ0) is 101. The Morgan fingerprint density at radius 1 is 0.455 bits per heavy atom. The number of phenolic OH excluding ortho intramolecular Hbond substituents is 1. The van der Waals surface area contributed by atoms with Gasteiger partial charge in [-0.3, -0.25) is 5.10 Å². The molecular weight excluding hydrogens is 1870 g/mol. The molecule has 6 aromatic heterocycles. The van der Waals surface area contributed by atoms with Gasteiger partial charge < -0.3 is 67.2 Å². The van der Waals surface area contributed by atoms with E-state index in [1.807, 2.05) is 119 Å². The number of phenols is 1. The number of aromatic nitrogens is 12. The number of benzene rings is 8. The second-order valence-corrected chi connectivity index (χ2v) is 65.4. The van der Waals surface area contributed by atoms with E-state index in [4.69, 9.17) is 58.8 Å².